The summed E-state index contributed by atoms with van der Waals surface area (Å²) >= 11 is 0. The zero-order valence-electron chi connectivity index (χ0n) is 28.1. The van der Waals surface area contributed by atoms with E-state index < -0.39 is 0 Å². The van der Waals surface area contributed by atoms with Crippen LogP contribution in [0.2, 0.25) is 0 Å². The molecule has 0 radical (unpaired) electrons. The summed E-state index contributed by atoms with van der Waals surface area (Å²) < 4.78 is 0. The highest BCUT2D eigenvalue weighted by Crippen LogP contribution is 2.52. The second-order valence-corrected chi connectivity index (χ2v) is 13.9. The van der Waals surface area contributed by atoms with E-state index in [1.807, 2.05) is 0 Å². The first-order chi connectivity index (χ1) is 22.8. The monoisotopic (exact) mass is 602 g/mol. The maximum atomic E-state index is 2.52. The van der Waals surface area contributed by atoms with E-state index in [4.69, 9.17) is 0 Å². The molecule has 0 amide bonds. The Morgan fingerprint density at radius 2 is 1.04 bits per heavy atom. The summed E-state index contributed by atoms with van der Waals surface area (Å²) in [7, 11) is 0. The number of hydrogen-bond acceptors (Lipinski definition) is 0. The van der Waals surface area contributed by atoms with Gasteiger partial charge in [0.25, 0.3) is 0 Å². The largest absolute Gasteiger partial charge is 0.0651 e. The molecule has 0 unspecified atom stereocenters. The van der Waals surface area contributed by atoms with Crippen LogP contribution in [0.3, 0.4) is 0 Å². The fourth-order valence-corrected chi connectivity index (χ4v) is 8.66. The second-order valence-electron chi connectivity index (χ2n) is 13.9. The third kappa shape index (κ3) is 3.94. The number of rotatable bonds is 2. The van der Waals surface area contributed by atoms with Crippen molar-refractivity contribution in [1.82, 2.24) is 0 Å². The number of benzene rings is 8. The fraction of sp³-hybridized carbons (Fsp3) is 0.149. The highest BCUT2D eigenvalue weighted by molar-refractivity contribution is 6.25. The molecule has 1 aliphatic carbocycles. The smallest absolute Gasteiger partial charge is 0.00637 e. The molecule has 0 N–H and O–H groups in total. The maximum absolute atomic E-state index is 2.52. The van der Waals surface area contributed by atoms with Crippen LogP contribution in [0.25, 0.3) is 81.7 Å². The summed E-state index contributed by atoms with van der Waals surface area (Å²) in [6, 6.07) is 41.7. The summed E-state index contributed by atoms with van der Waals surface area (Å²) in [6.07, 6.45) is 1.04. The lowest BCUT2D eigenvalue weighted by Crippen LogP contribution is -1.95. The van der Waals surface area contributed by atoms with E-state index in [9.17, 15) is 0 Å². The Labute approximate surface area is 277 Å². The summed E-state index contributed by atoms with van der Waals surface area (Å²) in [5, 5.41) is 13.2. The lowest BCUT2D eigenvalue weighted by molar-refractivity contribution is 1.10. The molecule has 0 atom stereocenters. The van der Waals surface area contributed by atoms with Gasteiger partial charge in [0.2, 0.25) is 0 Å². The average Bonchev–Trinajstić information content (AvgIpc) is 3.42. The molecule has 226 valence electrons. The molecule has 8 aromatic rings. The van der Waals surface area contributed by atoms with E-state index >= 15 is 0 Å². The summed E-state index contributed by atoms with van der Waals surface area (Å²) in [4.78, 5) is 0. The third-order valence-electron chi connectivity index (χ3n) is 11.0. The van der Waals surface area contributed by atoms with Crippen molar-refractivity contribution in [1.29, 1.82) is 0 Å². The van der Waals surface area contributed by atoms with Gasteiger partial charge in [-0.3, -0.25) is 0 Å². The minimum atomic E-state index is 1.04. The van der Waals surface area contributed by atoms with Gasteiger partial charge in [-0.05, 0) is 163 Å². The van der Waals surface area contributed by atoms with Crippen molar-refractivity contribution in [3.8, 4) is 22.3 Å². The molecular weight excluding hydrogens is 565 g/mol. The van der Waals surface area contributed by atoms with Crippen LogP contribution in [0.5, 0.6) is 0 Å². The highest BCUT2D eigenvalue weighted by atomic mass is 14.3. The van der Waals surface area contributed by atoms with Crippen molar-refractivity contribution in [2.45, 2.75) is 48.0 Å². The molecule has 0 spiro atoms. The molecular formula is C47H38. The van der Waals surface area contributed by atoms with Gasteiger partial charge in [0.05, 0.1) is 0 Å². The molecule has 0 heterocycles. The van der Waals surface area contributed by atoms with Gasteiger partial charge in [-0.25, -0.2) is 0 Å². The highest BCUT2D eigenvalue weighted by Gasteiger charge is 2.30. The number of fused-ring (bicyclic) bond motifs is 11. The Morgan fingerprint density at radius 1 is 0.447 bits per heavy atom. The van der Waals surface area contributed by atoms with Crippen LogP contribution in [0.4, 0.5) is 0 Å². The van der Waals surface area contributed by atoms with Gasteiger partial charge in [-0.1, -0.05) is 115 Å². The predicted octanol–water partition coefficient (Wildman–Crippen LogP) is 13.6. The van der Waals surface area contributed by atoms with E-state index in [1.54, 1.807) is 0 Å². The molecule has 0 nitrogen and oxygen atoms in total. The van der Waals surface area contributed by atoms with Gasteiger partial charge in [0.15, 0.2) is 0 Å². The minimum Gasteiger partial charge on any atom is -0.0651 e. The molecule has 47 heavy (non-hydrogen) atoms. The predicted molar refractivity (Wildman–Crippen MR) is 206 cm³/mol. The molecule has 1 aliphatic rings. The van der Waals surface area contributed by atoms with Crippen LogP contribution >= 0.6 is 0 Å². The van der Waals surface area contributed by atoms with Gasteiger partial charge >= 0.3 is 0 Å². The quantitative estimate of drug-likeness (QED) is 0.173. The maximum Gasteiger partial charge on any atom is -0.00637 e. The van der Waals surface area contributed by atoms with E-state index in [0.717, 1.165) is 6.42 Å². The van der Waals surface area contributed by atoms with Crippen molar-refractivity contribution in [3.05, 3.63) is 148 Å². The van der Waals surface area contributed by atoms with Crippen LogP contribution in [0.1, 0.15) is 53.6 Å². The Kier molecular flexibility index (Phi) is 6.06. The third-order valence-corrected chi connectivity index (χ3v) is 11.0. The van der Waals surface area contributed by atoms with E-state index in [1.165, 1.54) is 121 Å². The van der Waals surface area contributed by atoms with E-state index in [2.05, 4.69) is 151 Å². The zero-order chi connectivity index (χ0) is 32.1. The standard InChI is InChI=1S/C47H38/c1-7-28(4)46-45-29(5)20-27(3)22-43(45)44-25-40-36-18-16-26(2)21-38(36)42(23-37(40)30(6)47(44)46)41-24-39-32-13-9-8-12-31(32)17-19-35(39)33-14-10-11-15-34(33)41/h8-25H,7H2,1-6H3/b46-28-. The molecule has 0 aromatic heterocycles. The Balaban J connectivity index is 1.46. The fourth-order valence-electron chi connectivity index (χ4n) is 8.66. The Bertz CT molecular complexity index is 2700. The Hall–Kier alpha value is -5.20. The first-order valence-electron chi connectivity index (χ1n) is 17.0. The van der Waals surface area contributed by atoms with Gasteiger partial charge in [-0.15, -0.1) is 0 Å². The van der Waals surface area contributed by atoms with Crippen LogP contribution in [-0.4, -0.2) is 0 Å². The molecule has 0 saturated heterocycles. The van der Waals surface area contributed by atoms with Crippen LogP contribution in [-0.2, 0) is 0 Å². The lowest BCUT2D eigenvalue weighted by atomic mass is 9.84. The molecule has 8 aromatic carbocycles. The number of hydrogen-bond donors (Lipinski definition) is 0. The van der Waals surface area contributed by atoms with Gasteiger partial charge in [0.1, 0.15) is 0 Å². The molecule has 0 heteroatoms. The normalized spacial score (nSPS) is 13.7. The lowest BCUT2D eigenvalue weighted by Gasteiger charge is -2.19. The summed E-state index contributed by atoms with van der Waals surface area (Å²) in [5.41, 5.74) is 16.5. The molecule has 0 saturated carbocycles. The number of allylic oxidation sites excluding steroid dienone is 1. The molecule has 0 bridgehead atoms. The van der Waals surface area contributed by atoms with Crippen molar-refractivity contribution >= 4 is 59.4 Å². The van der Waals surface area contributed by atoms with Crippen molar-refractivity contribution in [2.75, 3.05) is 0 Å². The minimum absolute atomic E-state index is 1.04. The second kappa shape index (κ2) is 10.1. The summed E-state index contributed by atoms with van der Waals surface area (Å²) in [6.45, 7) is 13.7. The topological polar surface area (TPSA) is 0 Å². The van der Waals surface area contributed by atoms with Gasteiger partial charge in [0, 0.05) is 0 Å². The first kappa shape index (κ1) is 28.1. The average molecular weight is 603 g/mol. The molecule has 0 aliphatic heterocycles. The summed E-state index contributed by atoms with van der Waals surface area (Å²) in [5.74, 6) is 0. The van der Waals surface area contributed by atoms with Crippen LogP contribution < -0.4 is 0 Å². The molecule has 9 rings (SSSR count). The Morgan fingerprint density at radius 3 is 1.85 bits per heavy atom. The van der Waals surface area contributed by atoms with Crippen molar-refractivity contribution in [3.63, 3.8) is 0 Å². The van der Waals surface area contributed by atoms with Gasteiger partial charge in [-0.2, -0.15) is 0 Å². The van der Waals surface area contributed by atoms with E-state index in [-0.39, 0.29) is 0 Å². The zero-order valence-corrected chi connectivity index (χ0v) is 28.1. The number of aryl methyl sites for hydroxylation is 4. The van der Waals surface area contributed by atoms with Crippen LogP contribution in [0.15, 0.2) is 115 Å². The first-order valence-corrected chi connectivity index (χ1v) is 17.0. The van der Waals surface area contributed by atoms with Crippen molar-refractivity contribution < 1.29 is 0 Å². The SMILES string of the molecule is CC/C(C)=C1/c2c(C)cc(C)cc2-c2cc3c(cc(-c4cc5c6ccccc6ccc5c5ccccc45)c4cc(C)ccc43)c(C)c21. The van der Waals surface area contributed by atoms with E-state index in [0.29, 0.717) is 0 Å². The van der Waals surface area contributed by atoms with Crippen molar-refractivity contribution in [2.24, 2.45) is 0 Å². The molecule has 0 fully saturated rings. The van der Waals surface area contributed by atoms with Gasteiger partial charge < -0.3 is 0 Å². The van der Waals surface area contributed by atoms with Crippen LogP contribution in [0, 0.1) is 27.7 Å².